The maximum atomic E-state index is 12.5. The Morgan fingerprint density at radius 3 is 2.39 bits per heavy atom. The summed E-state index contributed by atoms with van der Waals surface area (Å²) in [5, 5.41) is 2.84. The SMILES string of the molecule is CC(C)C1C(=O)NC(C)(C)C(=O)N1CC1CC1C. The number of piperazine rings is 1. The predicted octanol–water partition coefficient (Wildman–Crippen LogP) is 1.40. The number of hydrogen-bond acceptors (Lipinski definition) is 2. The van der Waals surface area contributed by atoms with Crippen LogP contribution in [0.4, 0.5) is 0 Å². The Morgan fingerprint density at radius 1 is 1.39 bits per heavy atom. The lowest BCUT2D eigenvalue weighted by molar-refractivity contribution is -0.155. The molecule has 3 unspecified atom stereocenters. The number of carbonyl (C=O) groups is 2. The molecule has 0 aromatic rings. The standard InChI is InChI=1S/C14H24N2O2/c1-8(2)11-12(17)15-14(4,5)13(18)16(11)7-10-6-9(10)3/h8-11H,6-7H2,1-5H3,(H,15,17). The average Bonchev–Trinajstić information content (AvgIpc) is 2.89. The molecule has 3 atom stereocenters. The van der Waals surface area contributed by atoms with Gasteiger partial charge in [0.2, 0.25) is 11.8 Å². The minimum absolute atomic E-state index is 0.0112. The summed E-state index contributed by atoms with van der Waals surface area (Å²) < 4.78 is 0. The van der Waals surface area contributed by atoms with Crippen molar-refractivity contribution in [3.05, 3.63) is 0 Å². The maximum absolute atomic E-state index is 12.5. The third-order valence-corrected chi connectivity index (χ3v) is 4.17. The van der Waals surface area contributed by atoms with Gasteiger partial charge >= 0.3 is 0 Å². The van der Waals surface area contributed by atoms with Crippen LogP contribution in [-0.4, -0.2) is 34.8 Å². The van der Waals surface area contributed by atoms with Crippen molar-refractivity contribution in [3.8, 4) is 0 Å². The van der Waals surface area contributed by atoms with Gasteiger partial charge in [0, 0.05) is 6.54 Å². The fraction of sp³-hybridized carbons (Fsp3) is 0.857. The van der Waals surface area contributed by atoms with Crippen molar-refractivity contribution >= 4 is 11.8 Å². The normalized spacial score (nSPS) is 34.8. The molecule has 18 heavy (non-hydrogen) atoms. The first kappa shape index (κ1) is 13.4. The summed E-state index contributed by atoms with van der Waals surface area (Å²) in [5.74, 6) is 1.47. The molecule has 4 nitrogen and oxygen atoms in total. The molecule has 2 fully saturated rings. The van der Waals surface area contributed by atoms with Crippen LogP contribution < -0.4 is 5.32 Å². The summed E-state index contributed by atoms with van der Waals surface area (Å²) in [7, 11) is 0. The molecule has 1 N–H and O–H groups in total. The molecular weight excluding hydrogens is 228 g/mol. The zero-order chi connectivity index (χ0) is 13.7. The topological polar surface area (TPSA) is 49.4 Å². The largest absolute Gasteiger partial charge is 0.340 e. The van der Waals surface area contributed by atoms with Crippen molar-refractivity contribution in [2.24, 2.45) is 17.8 Å². The van der Waals surface area contributed by atoms with Crippen molar-refractivity contribution in [3.63, 3.8) is 0 Å². The Bertz CT molecular complexity index is 376. The highest BCUT2D eigenvalue weighted by Crippen LogP contribution is 2.39. The van der Waals surface area contributed by atoms with Gasteiger partial charge in [-0.1, -0.05) is 20.8 Å². The number of rotatable bonds is 3. The van der Waals surface area contributed by atoms with Gasteiger partial charge in [0.05, 0.1) is 0 Å². The zero-order valence-electron chi connectivity index (χ0n) is 12.0. The van der Waals surface area contributed by atoms with Crippen LogP contribution >= 0.6 is 0 Å². The highest BCUT2D eigenvalue weighted by Gasteiger charge is 2.48. The minimum atomic E-state index is -0.763. The molecule has 1 saturated carbocycles. The lowest BCUT2D eigenvalue weighted by Gasteiger charge is -2.44. The lowest BCUT2D eigenvalue weighted by Crippen LogP contribution is -2.69. The fourth-order valence-corrected chi connectivity index (χ4v) is 2.83. The van der Waals surface area contributed by atoms with Gasteiger partial charge in [-0.05, 0) is 38.0 Å². The molecule has 1 heterocycles. The Hall–Kier alpha value is -1.06. The molecule has 0 spiro atoms. The second-order valence-electron chi connectivity index (χ2n) is 6.73. The first-order valence-corrected chi connectivity index (χ1v) is 6.87. The van der Waals surface area contributed by atoms with Crippen molar-refractivity contribution in [2.45, 2.75) is 52.6 Å². The van der Waals surface area contributed by atoms with E-state index in [0.29, 0.717) is 11.8 Å². The summed E-state index contributed by atoms with van der Waals surface area (Å²) >= 11 is 0. The number of carbonyl (C=O) groups excluding carboxylic acids is 2. The first-order valence-electron chi connectivity index (χ1n) is 6.87. The van der Waals surface area contributed by atoms with E-state index in [1.807, 2.05) is 18.7 Å². The van der Waals surface area contributed by atoms with Crippen molar-refractivity contribution < 1.29 is 9.59 Å². The van der Waals surface area contributed by atoms with Crippen LogP contribution in [0.2, 0.25) is 0 Å². The van der Waals surface area contributed by atoms with E-state index in [1.165, 1.54) is 6.42 Å². The third kappa shape index (κ3) is 2.25. The molecule has 1 aliphatic heterocycles. The molecule has 0 aromatic heterocycles. The number of hydrogen-bond donors (Lipinski definition) is 1. The van der Waals surface area contributed by atoms with Gasteiger partial charge in [0.25, 0.3) is 0 Å². The van der Waals surface area contributed by atoms with Crippen molar-refractivity contribution in [1.29, 1.82) is 0 Å². The molecule has 2 aliphatic rings. The van der Waals surface area contributed by atoms with Crippen LogP contribution in [0.15, 0.2) is 0 Å². The van der Waals surface area contributed by atoms with Gasteiger partial charge in [0.1, 0.15) is 11.6 Å². The number of amides is 2. The Morgan fingerprint density at radius 2 is 1.94 bits per heavy atom. The van der Waals surface area contributed by atoms with Crippen LogP contribution in [0, 0.1) is 17.8 Å². The van der Waals surface area contributed by atoms with E-state index in [2.05, 4.69) is 12.2 Å². The molecule has 2 rings (SSSR count). The smallest absolute Gasteiger partial charge is 0.248 e. The van der Waals surface area contributed by atoms with Crippen LogP contribution in [0.5, 0.6) is 0 Å². The van der Waals surface area contributed by atoms with Gasteiger partial charge in [-0.2, -0.15) is 0 Å². The van der Waals surface area contributed by atoms with Gasteiger partial charge in [-0.15, -0.1) is 0 Å². The van der Waals surface area contributed by atoms with Crippen LogP contribution in [0.3, 0.4) is 0 Å². The third-order valence-electron chi connectivity index (χ3n) is 4.17. The summed E-state index contributed by atoms with van der Waals surface area (Å²) in [5.41, 5.74) is -0.763. The molecule has 102 valence electrons. The molecule has 0 bridgehead atoms. The molecule has 1 aliphatic carbocycles. The van der Waals surface area contributed by atoms with E-state index in [4.69, 9.17) is 0 Å². The van der Waals surface area contributed by atoms with E-state index >= 15 is 0 Å². The van der Waals surface area contributed by atoms with Crippen LogP contribution in [0.25, 0.3) is 0 Å². The minimum Gasteiger partial charge on any atom is -0.340 e. The molecule has 2 amide bonds. The van der Waals surface area contributed by atoms with E-state index in [0.717, 1.165) is 6.54 Å². The zero-order valence-corrected chi connectivity index (χ0v) is 12.0. The van der Waals surface area contributed by atoms with Gasteiger partial charge in [-0.3, -0.25) is 9.59 Å². The lowest BCUT2D eigenvalue weighted by atomic mass is 9.91. The van der Waals surface area contributed by atoms with Crippen molar-refractivity contribution in [2.75, 3.05) is 6.54 Å². The molecule has 0 aromatic carbocycles. The van der Waals surface area contributed by atoms with Gasteiger partial charge in [0.15, 0.2) is 0 Å². The molecular formula is C14H24N2O2. The van der Waals surface area contributed by atoms with E-state index in [1.54, 1.807) is 13.8 Å². The predicted molar refractivity (Wildman–Crippen MR) is 69.8 cm³/mol. The van der Waals surface area contributed by atoms with Crippen LogP contribution in [0.1, 0.15) is 41.0 Å². The van der Waals surface area contributed by atoms with Crippen molar-refractivity contribution in [1.82, 2.24) is 10.2 Å². The van der Waals surface area contributed by atoms with Gasteiger partial charge in [-0.25, -0.2) is 0 Å². The van der Waals surface area contributed by atoms with Gasteiger partial charge < -0.3 is 10.2 Å². The van der Waals surface area contributed by atoms with E-state index in [9.17, 15) is 9.59 Å². The molecule has 0 radical (unpaired) electrons. The van der Waals surface area contributed by atoms with E-state index in [-0.39, 0.29) is 23.8 Å². The summed E-state index contributed by atoms with van der Waals surface area (Å²) in [6.07, 6.45) is 1.18. The Kier molecular flexibility index (Phi) is 3.16. The van der Waals surface area contributed by atoms with Crippen LogP contribution in [-0.2, 0) is 9.59 Å². The summed E-state index contributed by atoms with van der Waals surface area (Å²) in [6.45, 7) is 10.5. The fourth-order valence-electron chi connectivity index (χ4n) is 2.83. The highest BCUT2D eigenvalue weighted by atomic mass is 16.2. The molecule has 4 heteroatoms. The first-order chi connectivity index (χ1) is 8.24. The highest BCUT2D eigenvalue weighted by molar-refractivity contribution is 5.99. The maximum Gasteiger partial charge on any atom is 0.248 e. The van der Waals surface area contributed by atoms with E-state index < -0.39 is 5.54 Å². The second-order valence-corrected chi connectivity index (χ2v) is 6.73. The Balaban J connectivity index is 2.22. The Labute approximate surface area is 109 Å². The number of nitrogens with zero attached hydrogens (tertiary/aromatic N) is 1. The summed E-state index contributed by atoms with van der Waals surface area (Å²) in [4.78, 5) is 26.5. The quantitative estimate of drug-likeness (QED) is 0.825. The average molecular weight is 252 g/mol. The summed E-state index contributed by atoms with van der Waals surface area (Å²) in [6, 6.07) is -0.307. The monoisotopic (exact) mass is 252 g/mol. The number of nitrogens with one attached hydrogen (secondary N) is 1. The molecule has 1 saturated heterocycles. The second kappa shape index (κ2) is 4.25.